The Balaban J connectivity index is 3.34. The average molecular weight is 214 g/mol. The number of rotatable bonds is 3. The van der Waals surface area contributed by atoms with Crippen molar-refractivity contribution in [3.8, 4) is 0 Å². The third-order valence-corrected chi connectivity index (χ3v) is 2.13. The molecule has 0 spiro atoms. The van der Waals surface area contributed by atoms with Crippen molar-refractivity contribution in [2.24, 2.45) is 4.99 Å². The van der Waals surface area contributed by atoms with Gasteiger partial charge in [0.15, 0.2) is 0 Å². The molecule has 1 rings (SSSR count). The van der Waals surface area contributed by atoms with E-state index in [2.05, 4.69) is 21.9 Å². The van der Waals surface area contributed by atoms with Crippen molar-refractivity contribution in [1.29, 1.82) is 0 Å². The zero-order valence-electron chi connectivity index (χ0n) is 7.88. The van der Waals surface area contributed by atoms with Gasteiger partial charge >= 0.3 is 0 Å². The van der Waals surface area contributed by atoms with E-state index in [1.165, 1.54) is 0 Å². The summed E-state index contributed by atoms with van der Waals surface area (Å²) in [4.78, 5) is 3.56. The Labute approximate surface area is 82.0 Å². The largest absolute Gasteiger partial charge is 0.267 e. The summed E-state index contributed by atoms with van der Waals surface area (Å²) in [6.07, 6.45) is 4.34. The summed E-state index contributed by atoms with van der Waals surface area (Å²) in [5, 5.41) is 7.39. The Bertz CT molecular complexity index is 472. The minimum atomic E-state index is -3.46. The lowest BCUT2D eigenvalue weighted by atomic mass is 10.4. The molecule has 6 nitrogen and oxygen atoms in total. The fourth-order valence-electron chi connectivity index (χ4n) is 0.818. The second-order valence-electron chi connectivity index (χ2n) is 2.55. The molecule has 0 amide bonds. The van der Waals surface area contributed by atoms with Crippen LogP contribution in [0.4, 0.5) is 5.82 Å². The first-order chi connectivity index (χ1) is 6.49. The Morgan fingerprint density at radius 3 is 2.57 bits per heavy atom. The van der Waals surface area contributed by atoms with Crippen LogP contribution >= 0.6 is 0 Å². The zero-order chi connectivity index (χ0) is 10.8. The molecule has 0 saturated carbocycles. The molecule has 0 fully saturated rings. The normalized spacial score (nSPS) is 12.1. The van der Waals surface area contributed by atoms with Crippen molar-refractivity contribution in [3.63, 3.8) is 0 Å². The van der Waals surface area contributed by atoms with E-state index < -0.39 is 10.0 Å². The maximum absolute atomic E-state index is 11.1. The van der Waals surface area contributed by atoms with Crippen molar-refractivity contribution in [2.75, 3.05) is 6.26 Å². The molecule has 0 unspecified atom stereocenters. The summed E-state index contributed by atoms with van der Waals surface area (Å²) in [7, 11) is -3.46. The predicted octanol–water partition coefficient (Wildman–Crippen LogP) is 0.451. The summed E-state index contributed by atoms with van der Waals surface area (Å²) in [6.45, 7) is 5.06. The molecule has 76 valence electrons. The Kier molecular flexibility index (Phi) is 2.80. The molecule has 0 N–H and O–H groups in total. The molecular formula is C7H10N4O2S. The number of nitrogens with zero attached hydrogens (tertiary/aromatic N) is 4. The SMILES string of the molecule is C=Nc1nn(S(C)(=O)=O)nc1/C=C\C. The highest BCUT2D eigenvalue weighted by Gasteiger charge is 2.13. The second kappa shape index (κ2) is 3.70. The summed E-state index contributed by atoms with van der Waals surface area (Å²) in [5.41, 5.74) is 0.382. The average Bonchev–Trinajstić information content (AvgIpc) is 2.47. The minimum absolute atomic E-state index is 0.202. The van der Waals surface area contributed by atoms with Gasteiger partial charge in [0.2, 0.25) is 5.82 Å². The summed E-state index contributed by atoms with van der Waals surface area (Å²) in [5.74, 6) is 0.202. The van der Waals surface area contributed by atoms with Crippen molar-refractivity contribution in [2.45, 2.75) is 6.92 Å². The zero-order valence-corrected chi connectivity index (χ0v) is 8.69. The lowest BCUT2D eigenvalue weighted by Crippen LogP contribution is -2.13. The van der Waals surface area contributed by atoms with E-state index in [1.54, 1.807) is 19.1 Å². The third-order valence-electron chi connectivity index (χ3n) is 1.37. The summed E-state index contributed by atoms with van der Waals surface area (Å²) in [6, 6.07) is 0. The number of hydrogen-bond acceptors (Lipinski definition) is 5. The van der Waals surface area contributed by atoms with Gasteiger partial charge < -0.3 is 0 Å². The molecule has 0 aliphatic rings. The molecule has 0 radical (unpaired) electrons. The molecular weight excluding hydrogens is 204 g/mol. The van der Waals surface area contributed by atoms with Gasteiger partial charge in [0.1, 0.15) is 5.69 Å². The van der Waals surface area contributed by atoms with E-state index in [1.807, 2.05) is 0 Å². The number of aromatic nitrogens is 3. The van der Waals surface area contributed by atoms with E-state index in [0.29, 0.717) is 9.90 Å². The molecule has 0 saturated heterocycles. The topological polar surface area (TPSA) is 77.2 Å². The van der Waals surface area contributed by atoms with Crippen LogP contribution in [-0.2, 0) is 10.0 Å². The fourth-order valence-corrected chi connectivity index (χ4v) is 1.28. The van der Waals surface area contributed by atoms with E-state index in [4.69, 9.17) is 0 Å². The van der Waals surface area contributed by atoms with Gasteiger partial charge in [0.05, 0.1) is 6.26 Å². The van der Waals surface area contributed by atoms with Crippen LogP contribution in [0.25, 0.3) is 6.08 Å². The Hall–Kier alpha value is -1.50. The molecule has 0 atom stereocenters. The quantitative estimate of drug-likeness (QED) is 0.684. The van der Waals surface area contributed by atoms with Crippen LogP contribution in [-0.4, -0.2) is 35.8 Å². The molecule has 7 heteroatoms. The van der Waals surface area contributed by atoms with E-state index in [-0.39, 0.29) is 5.82 Å². The highest BCUT2D eigenvalue weighted by atomic mass is 32.2. The van der Waals surface area contributed by atoms with Crippen LogP contribution < -0.4 is 0 Å². The highest BCUT2D eigenvalue weighted by Crippen LogP contribution is 2.14. The third kappa shape index (κ3) is 2.05. The molecule has 0 bridgehead atoms. The second-order valence-corrected chi connectivity index (χ2v) is 4.35. The molecule has 0 aliphatic carbocycles. The maximum atomic E-state index is 11.1. The van der Waals surface area contributed by atoms with Crippen molar-refractivity contribution < 1.29 is 8.42 Å². The Morgan fingerprint density at radius 2 is 2.14 bits per heavy atom. The standard InChI is InChI=1S/C7H10N4O2S/c1-4-5-6-7(8-2)10-11(9-6)14(3,12)13/h4-5H,2H2,1,3H3/b5-4-. The lowest BCUT2D eigenvalue weighted by Gasteiger charge is -1.90. The molecule has 0 aliphatic heterocycles. The molecule has 14 heavy (non-hydrogen) atoms. The molecule has 1 aromatic rings. The summed E-state index contributed by atoms with van der Waals surface area (Å²) >= 11 is 0. The van der Waals surface area contributed by atoms with Gasteiger partial charge in [-0.15, -0.1) is 10.2 Å². The van der Waals surface area contributed by atoms with Gasteiger partial charge in [0.25, 0.3) is 10.0 Å². The van der Waals surface area contributed by atoms with Gasteiger partial charge in [-0.05, 0) is 19.7 Å². The van der Waals surface area contributed by atoms with Gasteiger partial charge in [-0.2, -0.15) is 0 Å². The Morgan fingerprint density at radius 1 is 1.50 bits per heavy atom. The first-order valence-electron chi connectivity index (χ1n) is 3.76. The monoisotopic (exact) mass is 214 g/mol. The fraction of sp³-hybridized carbons (Fsp3) is 0.286. The van der Waals surface area contributed by atoms with E-state index in [0.717, 1.165) is 6.26 Å². The number of allylic oxidation sites excluding steroid dienone is 1. The number of hydrogen-bond donors (Lipinski definition) is 0. The maximum Gasteiger partial charge on any atom is 0.267 e. The lowest BCUT2D eigenvalue weighted by molar-refractivity contribution is 0.575. The smallest absolute Gasteiger partial charge is 0.242 e. The van der Waals surface area contributed by atoms with Gasteiger partial charge in [0, 0.05) is 0 Å². The predicted molar refractivity (Wildman–Crippen MR) is 54.2 cm³/mol. The molecule has 0 aromatic carbocycles. The van der Waals surface area contributed by atoms with Crippen LogP contribution in [0.2, 0.25) is 0 Å². The van der Waals surface area contributed by atoms with Crippen LogP contribution in [0.5, 0.6) is 0 Å². The van der Waals surface area contributed by atoms with Crippen molar-refractivity contribution >= 4 is 28.6 Å². The van der Waals surface area contributed by atoms with Crippen LogP contribution in [0.1, 0.15) is 12.6 Å². The van der Waals surface area contributed by atoms with Crippen molar-refractivity contribution in [3.05, 3.63) is 11.8 Å². The van der Waals surface area contributed by atoms with E-state index >= 15 is 0 Å². The van der Waals surface area contributed by atoms with Crippen LogP contribution in [0, 0.1) is 0 Å². The number of aliphatic imine (C=N–C) groups is 1. The molecule has 1 aromatic heterocycles. The first kappa shape index (κ1) is 10.6. The first-order valence-corrected chi connectivity index (χ1v) is 5.61. The van der Waals surface area contributed by atoms with Gasteiger partial charge in [-0.3, -0.25) is 0 Å². The van der Waals surface area contributed by atoms with Gasteiger partial charge in [-0.1, -0.05) is 10.3 Å². The summed E-state index contributed by atoms with van der Waals surface area (Å²) < 4.78 is 22.8. The van der Waals surface area contributed by atoms with Crippen LogP contribution in [0.15, 0.2) is 11.1 Å². The highest BCUT2D eigenvalue weighted by molar-refractivity contribution is 7.88. The van der Waals surface area contributed by atoms with Crippen LogP contribution in [0.3, 0.4) is 0 Å². The molecule has 1 heterocycles. The van der Waals surface area contributed by atoms with Gasteiger partial charge in [-0.25, -0.2) is 13.4 Å². The van der Waals surface area contributed by atoms with E-state index in [9.17, 15) is 8.42 Å². The van der Waals surface area contributed by atoms with Crippen molar-refractivity contribution in [1.82, 2.24) is 14.4 Å². The minimum Gasteiger partial charge on any atom is -0.242 e.